The summed E-state index contributed by atoms with van der Waals surface area (Å²) in [6.45, 7) is 7.52. The minimum atomic E-state index is 0.398. The van der Waals surface area contributed by atoms with Crippen LogP contribution in [-0.2, 0) is 6.42 Å². The van der Waals surface area contributed by atoms with Crippen LogP contribution in [0.1, 0.15) is 32.8 Å². The highest BCUT2D eigenvalue weighted by molar-refractivity contribution is 5.57. The van der Waals surface area contributed by atoms with Crippen molar-refractivity contribution in [2.24, 2.45) is 15.8 Å². The summed E-state index contributed by atoms with van der Waals surface area (Å²) >= 11 is 0. The molecular weight excluding hydrogens is 210 g/mol. The Kier molecular flexibility index (Phi) is 3.36. The van der Waals surface area contributed by atoms with Gasteiger partial charge in [-0.2, -0.15) is 0 Å². The molecule has 3 nitrogen and oxygen atoms in total. The molecule has 1 aromatic rings. The quantitative estimate of drug-likeness (QED) is 0.707. The summed E-state index contributed by atoms with van der Waals surface area (Å²) in [5.41, 5.74) is 2.88. The molecule has 0 saturated heterocycles. The van der Waals surface area contributed by atoms with Crippen molar-refractivity contribution in [1.82, 2.24) is 0 Å². The lowest BCUT2D eigenvalue weighted by atomic mass is 9.89. The molecule has 3 heteroatoms. The highest BCUT2D eigenvalue weighted by atomic mass is 15.5. The van der Waals surface area contributed by atoms with Crippen LogP contribution in [0.4, 0.5) is 5.69 Å². The van der Waals surface area contributed by atoms with Gasteiger partial charge in [-0.15, -0.1) is 4.68 Å². The second-order valence-electron chi connectivity index (χ2n) is 5.67. The molecule has 0 aliphatic carbocycles. The van der Waals surface area contributed by atoms with Crippen molar-refractivity contribution in [3.63, 3.8) is 0 Å². The standard InChI is InChI=1S/C14H20N3/c1-14(2,3)9-8-12-4-6-13(7-5-12)17-11-10-15-16-17/h4-7,11H,8-10H2,1-3H3/q+1. The first-order chi connectivity index (χ1) is 8.04. The highest BCUT2D eigenvalue weighted by Crippen LogP contribution is 2.22. The molecule has 0 atom stereocenters. The van der Waals surface area contributed by atoms with Crippen LogP contribution in [0.2, 0.25) is 0 Å². The van der Waals surface area contributed by atoms with Crippen LogP contribution in [0.15, 0.2) is 34.6 Å². The van der Waals surface area contributed by atoms with Gasteiger partial charge in [-0.1, -0.05) is 32.9 Å². The zero-order valence-corrected chi connectivity index (χ0v) is 10.8. The topological polar surface area (TPSA) is 27.7 Å². The van der Waals surface area contributed by atoms with E-state index in [0.717, 1.165) is 12.1 Å². The Hall–Kier alpha value is -1.51. The zero-order valence-electron chi connectivity index (χ0n) is 10.8. The van der Waals surface area contributed by atoms with Gasteiger partial charge in [-0.3, -0.25) is 0 Å². The van der Waals surface area contributed by atoms with Crippen molar-refractivity contribution < 1.29 is 4.68 Å². The molecule has 0 spiro atoms. The van der Waals surface area contributed by atoms with Crippen LogP contribution < -0.4 is 0 Å². The monoisotopic (exact) mass is 230 g/mol. The Bertz CT molecular complexity index is 436. The predicted molar refractivity (Wildman–Crippen MR) is 69.9 cm³/mol. The number of benzene rings is 1. The molecule has 0 unspecified atom stereocenters. The van der Waals surface area contributed by atoms with E-state index in [1.54, 1.807) is 0 Å². The van der Waals surface area contributed by atoms with Gasteiger partial charge in [0.05, 0.1) is 0 Å². The summed E-state index contributed by atoms with van der Waals surface area (Å²) in [6, 6.07) is 8.59. The smallest absolute Gasteiger partial charge is 0.103 e. The van der Waals surface area contributed by atoms with Gasteiger partial charge in [0.1, 0.15) is 11.4 Å². The van der Waals surface area contributed by atoms with Crippen molar-refractivity contribution in [1.29, 1.82) is 0 Å². The molecule has 90 valence electrons. The maximum absolute atomic E-state index is 4.02. The Balaban J connectivity index is 2.01. The molecule has 2 rings (SSSR count). The molecule has 0 bridgehead atoms. The second-order valence-corrected chi connectivity index (χ2v) is 5.67. The zero-order chi connectivity index (χ0) is 12.3. The molecule has 0 fully saturated rings. The van der Waals surface area contributed by atoms with E-state index in [2.05, 4.69) is 55.4 Å². The Labute approximate surface area is 103 Å². The highest BCUT2D eigenvalue weighted by Gasteiger charge is 2.12. The summed E-state index contributed by atoms with van der Waals surface area (Å²) in [4.78, 5) is 0. The molecule has 1 aliphatic heterocycles. The first kappa shape index (κ1) is 12.0. The van der Waals surface area contributed by atoms with Crippen LogP contribution in [0, 0.1) is 5.41 Å². The molecular formula is C14H20N3+. The van der Waals surface area contributed by atoms with E-state index in [9.17, 15) is 0 Å². The molecule has 17 heavy (non-hydrogen) atoms. The van der Waals surface area contributed by atoms with E-state index in [-0.39, 0.29) is 0 Å². The molecule has 0 radical (unpaired) electrons. The van der Waals surface area contributed by atoms with E-state index in [0.29, 0.717) is 12.0 Å². The van der Waals surface area contributed by atoms with E-state index < -0.39 is 0 Å². The van der Waals surface area contributed by atoms with Crippen LogP contribution in [0.3, 0.4) is 0 Å². The molecule has 1 aliphatic rings. The summed E-state index contributed by atoms with van der Waals surface area (Å²) in [7, 11) is 0. The van der Waals surface area contributed by atoms with Gasteiger partial charge in [0.2, 0.25) is 6.54 Å². The van der Waals surface area contributed by atoms with Gasteiger partial charge in [-0.05, 0) is 36.0 Å². The van der Waals surface area contributed by atoms with Gasteiger partial charge in [-0.25, -0.2) is 0 Å². The number of aryl methyl sites for hydroxylation is 1. The fraction of sp³-hybridized carbons (Fsp3) is 0.500. The van der Waals surface area contributed by atoms with E-state index in [1.165, 1.54) is 12.0 Å². The molecule has 0 amide bonds. The van der Waals surface area contributed by atoms with Gasteiger partial charge < -0.3 is 0 Å². The molecule has 1 heterocycles. The Morgan fingerprint density at radius 1 is 1.18 bits per heavy atom. The number of rotatable bonds is 3. The first-order valence-corrected chi connectivity index (χ1v) is 6.13. The SMILES string of the molecule is CC(C)(C)CCc1ccc([N+]2=CCN=N2)cc1. The van der Waals surface area contributed by atoms with Crippen LogP contribution in [0.5, 0.6) is 0 Å². The van der Waals surface area contributed by atoms with E-state index in [1.807, 2.05) is 10.9 Å². The lowest BCUT2D eigenvalue weighted by Gasteiger charge is -2.17. The van der Waals surface area contributed by atoms with Gasteiger partial charge >= 0.3 is 0 Å². The number of hydrogen-bond donors (Lipinski definition) is 0. The average molecular weight is 230 g/mol. The van der Waals surface area contributed by atoms with E-state index >= 15 is 0 Å². The van der Waals surface area contributed by atoms with Crippen molar-refractivity contribution in [3.8, 4) is 0 Å². The maximum Gasteiger partial charge on any atom is 0.213 e. The van der Waals surface area contributed by atoms with Crippen molar-refractivity contribution in [2.75, 3.05) is 6.54 Å². The number of nitrogens with zero attached hydrogens (tertiary/aromatic N) is 3. The minimum Gasteiger partial charge on any atom is -0.103 e. The fourth-order valence-corrected chi connectivity index (χ4v) is 1.75. The molecule has 0 aromatic heterocycles. The second kappa shape index (κ2) is 4.78. The fourth-order valence-electron chi connectivity index (χ4n) is 1.75. The number of hydrogen-bond acceptors (Lipinski definition) is 2. The summed E-state index contributed by atoms with van der Waals surface area (Å²) in [6.07, 6.45) is 4.32. The summed E-state index contributed by atoms with van der Waals surface area (Å²) in [5.74, 6) is 0. The van der Waals surface area contributed by atoms with Gasteiger partial charge in [0.25, 0.3) is 0 Å². The van der Waals surface area contributed by atoms with Crippen LogP contribution in [-0.4, -0.2) is 17.4 Å². The van der Waals surface area contributed by atoms with Gasteiger partial charge in [0, 0.05) is 5.11 Å². The van der Waals surface area contributed by atoms with Crippen LogP contribution in [0.25, 0.3) is 0 Å². The van der Waals surface area contributed by atoms with E-state index in [4.69, 9.17) is 0 Å². The Morgan fingerprint density at radius 2 is 1.88 bits per heavy atom. The third kappa shape index (κ3) is 3.48. The molecule has 0 saturated carbocycles. The lowest BCUT2D eigenvalue weighted by molar-refractivity contribution is -0.444. The maximum atomic E-state index is 4.02. The first-order valence-electron chi connectivity index (χ1n) is 6.13. The van der Waals surface area contributed by atoms with Gasteiger partial charge in [0.15, 0.2) is 5.69 Å². The van der Waals surface area contributed by atoms with Crippen molar-refractivity contribution in [3.05, 3.63) is 29.8 Å². The third-order valence-corrected chi connectivity index (χ3v) is 2.86. The summed E-state index contributed by atoms with van der Waals surface area (Å²) < 4.78 is 1.83. The lowest BCUT2D eigenvalue weighted by Crippen LogP contribution is -2.06. The van der Waals surface area contributed by atoms with Crippen LogP contribution >= 0.6 is 0 Å². The predicted octanol–water partition coefficient (Wildman–Crippen LogP) is 3.76. The largest absolute Gasteiger partial charge is 0.213 e. The molecule has 1 aromatic carbocycles. The Morgan fingerprint density at radius 3 is 2.41 bits per heavy atom. The van der Waals surface area contributed by atoms with Crippen molar-refractivity contribution in [2.45, 2.75) is 33.6 Å². The van der Waals surface area contributed by atoms with Crippen molar-refractivity contribution >= 4 is 11.9 Å². The normalized spacial score (nSPS) is 15.1. The average Bonchev–Trinajstić information content (AvgIpc) is 2.79. The minimum absolute atomic E-state index is 0.398. The molecule has 0 N–H and O–H groups in total. The third-order valence-electron chi connectivity index (χ3n) is 2.86. The summed E-state index contributed by atoms with van der Waals surface area (Å²) in [5, 5.41) is 7.95.